The van der Waals surface area contributed by atoms with Crippen LogP contribution in [-0.4, -0.2) is 22.3 Å². The minimum Gasteiger partial charge on any atom is -0.494 e. The van der Waals surface area contributed by atoms with Gasteiger partial charge in [-0.2, -0.15) is 0 Å². The van der Waals surface area contributed by atoms with Gasteiger partial charge >= 0.3 is 0 Å². The number of carbonyl (C=O) groups excluding carboxylic acids is 1. The summed E-state index contributed by atoms with van der Waals surface area (Å²) in [5.74, 6) is -1.51. The summed E-state index contributed by atoms with van der Waals surface area (Å²) in [6.45, 7) is 0. The van der Waals surface area contributed by atoms with Crippen LogP contribution in [0.1, 0.15) is 5.76 Å². The first-order chi connectivity index (χ1) is 13.0. The Morgan fingerprint density at radius 3 is 2.74 bits per heavy atom. The topological polar surface area (TPSA) is 64.4 Å². The largest absolute Gasteiger partial charge is 0.494 e. The summed E-state index contributed by atoms with van der Waals surface area (Å²) < 4.78 is 39.4. The number of aromatic nitrogens is 1. The molecule has 4 rings (SSSR count). The van der Waals surface area contributed by atoms with Crippen molar-refractivity contribution in [3.63, 3.8) is 0 Å². The number of thiocarbonyl (C=S) groups is 1. The summed E-state index contributed by atoms with van der Waals surface area (Å²) in [4.78, 5) is 16.2. The second-order valence-electron chi connectivity index (χ2n) is 5.57. The first kappa shape index (κ1) is 17.6. The molecular weight excluding hydrogens is 394 g/mol. The first-order valence-corrected chi connectivity index (χ1v) is 8.84. The molecule has 3 heterocycles. The van der Waals surface area contributed by atoms with E-state index in [2.05, 4.69) is 10.3 Å². The van der Waals surface area contributed by atoms with Gasteiger partial charge in [0.15, 0.2) is 11.6 Å². The van der Waals surface area contributed by atoms with Crippen LogP contribution in [0.15, 0.2) is 39.9 Å². The Kier molecular flexibility index (Phi) is 4.40. The minimum atomic E-state index is -0.702. The number of amides is 1. The van der Waals surface area contributed by atoms with Gasteiger partial charge in [-0.3, -0.25) is 9.78 Å². The highest BCUT2D eigenvalue weighted by Crippen LogP contribution is 2.35. The molecule has 1 amide bonds. The average molecular weight is 404 g/mol. The van der Waals surface area contributed by atoms with Gasteiger partial charge < -0.3 is 14.5 Å². The summed E-state index contributed by atoms with van der Waals surface area (Å²) in [5.41, 5.74) is 0.607. The molecule has 0 saturated carbocycles. The van der Waals surface area contributed by atoms with Gasteiger partial charge in [0.1, 0.15) is 21.5 Å². The van der Waals surface area contributed by atoms with Crippen molar-refractivity contribution in [3.05, 3.63) is 52.9 Å². The van der Waals surface area contributed by atoms with Gasteiger partial charge in [-0.25, -0.2) is 8.78 Å². The Hall–Kier alpha value is -2.78. The van der Waals surface area contributed by atoms with Crippen molar-refractivity contribution in [2.24, 2.45) is 0 Å². The van der Waals surface area contributed by atoms with E-state index >= 15 is 0 Å². The zero-order valence-corrected chi connectivity index (χ0v) is 15.3. The van der Waals surface area contributed by atoms with Gasteiger partial charge in [0, 0.05) is 41.0 Å². The summed E-state index contributed by atoms with van der Waals surface area (Å²) in [6.07, 6.45) is 4.46. The maximum atomic E-state index is 14.5. The Morgan fingerprint density at radius 2 is 2.04 bits per heavy atom. The van der Waals surface area contributed by atoms with Crippen LogP contribution < -0.4 is 10.1 Å². The third-order valence-corrected chi connectivity index (χ3v) is 5.05. The van der Waals surface area contributed by atoms with Crippen molar-refractivity contribution in [3.8, 4) is 16.9 Å². The normalized spacial score (nSPS) is 15.6. The second-order valence-corrected chi connectivity index (χ2v) is 7.29. The Bertz CT molecular complexity index is 1140. The van der Waals surface area contributed by atoms with Crippen LogP contribution in [-0.2, 0) is 4.79 Å². The lowest BCUT2D eigenvalue weighted by Crippen LogP contribution is -2.17. The molecule has 0 unspecified atom stereocenters. The smallest absolute Gasteiger partial charge is 0.263 e. The molecule has 1 aromatic carbocycles. The number of rotatable bonds is 3. The van der Waals surface area contributed by atoms with Crippen LogP contribution in [0.2, 0.25) is 0 Å². The lowest BCUT2D eigenvalue weighted by Gasteiger charge is -2.07. The highest BCUT2D eigenvalue weighted by Gasteiger charge is 2.23. The van der Waals surface area contributed by atoms with Gasteiger partial charge in [-0.1, -0.05) is 24.0 Å². The van der Waals surface area contributed by atoms with Gasteiger partial charge in [0.2, 0.25) is 0 Å². The third kappa shape index (κ3) is 3.19. The van der Waals surface area contributed by atoms with E-state index in [1.807, 2.05) is 0 Å². The number of halogens is 2. The zero-order chi connectivity index (χ0) is 19.1. The molecule has 3 aromatic rings. The number of furan rings is 1. The van der Waals surface area contributed by atoms with Crippen molar-refractivity contribution >= 4 is 51.3 Å². The molecule has 0 spiro atoms. The Balaban J connectivity index is 1.83. The summed E-state index contributed by atoms with van der Waals surface area (Å²) in [5, 5.41) is 3.10. The molecule has 1 aliphatic heterocycles. The van der Waals surface area contributed by atoms with Crippen molar-refractivity contribution in [2.75, 3.05) is 7.11 Å². The van der Waals surface area contributed by atoms with E-state index in [-0.39, 0.29) is 22.8 Å². The average Bonchev–Trinajstić information content (AvgIpc) is 3.18. The number of nitrogens with zero attached hydrogens (tertiary/aromatic N) is 1. The number of carbonyl (C=O) groups is 1. The maximum absolute atomic E-state index is 14.5. The Morgan fingerprint density at radius 1 is 1.22 bits per heavy atom. The number of hydrogen-bond donors (Lipinski definition) is 1. The van der Waals surface area contributed by atoms with Gasteiger partial charge in [0.25, 0.3) is 5.91 Å². The quantitative estimate of drug-likeness (QED) is 0.520. The third-order valence-electron chi connectivity index (χ3n) is 3.89. The van der Waals surface area contributed by atoms with Crippen molar-refractivity contribution in [1.29, 1.82) is 0 Å². The second kappa shape index (κ2) is 6.75. The van der Waals surface area contributed by atoms with E-state index in [4.69, 9.17) is 21.4 Å². The number of ether oxygens (including phenoxy) is 1. The number of nitrogens with one attached hydrogen (secondary N) is 1. The van der Waals surface area contributed by atoms with E-state index in [1.54, 1.807) is 6.07 Å². The molecule has 0 atom stereocenters. The monoisotopic (exact) mass is 404 g/mol. The minimum absolute atomic E-state index is 0.00545. The van der Waals surface area contributed by atoms with Crippen LogP contribution in [0.25, 0.3) is 28.2 Å². The summed E-state index contributed by atoms with van der Waals surface area (Å²) in [7, 11) is 1.26. The number of methoxy groups -OCH3 is 1. The molecule has 1 fully saturated rings. The van der Waals surface area contributed by atoms with E-state index < -0.39 is 11.6 Å². The van der Waals surface area contributed by atoms with Crippen LogP contribution in [0, 0.1) is 11.6 Å². The summed E-state index contributed by atoms with van der Waals surface area (Å²) in [6, 6.07) is 3.66. The number of fused-ring (bicyclic) bond motifs is 1. The van der Waals surface area contributed by atoms with Crippen molar-refractivity contribution < 1.29 is 22.7 Å². The molecule has 5 nitrogen and oxygen atoms in total. The number of thioether (sulfide) groups is 1. The molecule has 0 aliphatic carbocycles. The maximum Gasteiger partial charge on any atom is 0.263 e. The number of pyridine rings is 1. The fraction of sp³-hybridized carbons (Fsp3) is 0.0556. The molecule has 1 aliphatic rings. The van der Waals surface area contributed by atoms with Crippen molar-refractivity contribution in [2.45, 2.75) is 0 Å². The molecule has 27 heavy (non-hydrogen) atoms. The molecule has 136 valence electrons. The lowest BCUT2D eigenvalue weighted by atomic mass is 10.0. The first-order valence-electron chi connectivity index (χ1n) is 7.62. The molecule has 9 heteroatoms. The highest BCUT2D eigenvalue weighted by atomic mass is 32.2. The molecule has 0 bridgehead atoms. The van der Waals surface area contributed by atoms with Gasteiger partial charge in [0.05, 0.1) is 12.0 Å². The fourth-order valence-electron chi connectivity index (χ4n) is 2.69. The van der Waals surface area contributed by atoms with E-state index in [0.717, 1.165) is 23.9 Å². The fourth-order valence-corrected chi connectivity index (χ4v) is 3.71. The highest BCUT2D eigenvalue weighted by molar-refractivity contribution is 8.26. The molecular formula is C18H10F2N2O3S2. The molecule has 1 N–H and O–H groups in total. The standard InChI is InChI=1S/C18H10F2N2O3S2/c1-24-14-5-12(19)10(4-13(14)20)11-7-21-6-8-2-9(25-16(8)11)3-15-17(23)22-18(26)27-15/h2-7H,1H3,(H,22,23,26). The van der Waals surface area contributed by atoms with Crippen LogP contribution in [0.5, 0.6) is 5.75 Å². The molecule has 1 saturated heterocycles. The summed E-state index contributed by atoms with van der Waals surface area (Å²) >= 11 is 6.07. The molecule has 2 aromatic heterocycles. The van der Waals surface area contributed by atoms with Gasteiger partial charge in [-0.15, -0.1) is 0 Å². The number of hydrogen-bond acceptors (Lipinski definition) is 6. The van der Waals surface area contributed by atoms with E-state index in [0.29, 0.717) is 26.0 Å². The predicted molar refractivity (Wildman–Crippen MR) is 102 cm³/mol. The van der Waals surface area contributed by atoms with Gasteiger partial charge in [-0.05, 0) is 12.1 Å². The van der Waals surface area contributed by atoms with Crippen LogP contribution in [0.3, 0.4) is 0 Å². The zero-order valence-electron chi connectivity index (χ0n) is 13.7. The predicted octanol–water partition coefficient (Wildman–Crippen LogP) is 4.27. The van der Waals surface area contributed by atoms with E-state index in [9.17, 15) is 13.6 Å². The van der Waals surface area contributed by atoms with E-state index in [1.165, 1.54) is 25.6 Å². The molecule has 0 radical (unpaired) electrons. The van der Waals surface area contributed by atoms with Crippen LogP contribution in [0.4, 0.5) is 8.78 Å². The number of benzene rings is 1. The van der Waals surface area contributed by atoms with Crippen molar-refractivity contribution in [1.82, 2.24) is 10.3 Å². The van der Waals surface area contributed by atoms with Crippen LogP contribution >= 0.6 is 24.0 Å². The Labute approximate surface area is 161 Å². The SMILES string of the molecule is COc1cc(F)c(-c2cncc3cc(C=C4SC(=S)NC4=O)oc23)cc1F. The lowest BCUT2D eigenvalue weighted by molar-refractivity contribution is -0.115.